The molecule has 2 aromatic rings. The number of benzene rings is 2. The first-order valence-electron chi connectivity index (χ1n) is 5.80. The molecule has 0 aliphatic carbocycles. The number of ether oxygens (including phenoxy) is 1. The molecule has 2 nitrogen and oxygen atoms in total. The Kier molecular flexibility index (Phi) is 3.95. The standard InChI is InChI=1S/C15H15FO2/c1-11-3-2-4-12(7-11)13-8-14(16)10-15(9-13)18-6-5-17/h2-4,7-10,17H,5-6H2,1H3. The molecule has 0 spiro atoms. The molecule has 0 heterocycles. The maximum Gasteiger partial charge on any atom is 0.127 e. The summed E-state index contributed by atoms with van der Waals surface area (Å²) in [6.07, 6.45) is 0. The maximum atomic E-state index is 13.5. The normalized spacial score (nSPS) is 10.4. The summed E-state index contributed by atoms with van der Waals surface area (Å²) < 4.78 is 18.7. The Morgan fingerprint density at radius 1 is 1.11 bits per heavy atom. The van der Waals surface area contributed by atoms with Gasteiger partial charge in [-0.25, -0.2) is 4.39 Å². The Balaban J connectivity index is 2.35. The van der Waals surface area contributed by atoms with E-state index in [0.717, 1.165) is 16.7 Å². The zero-order valence-electron chi connectivity index (χ0n) is 10.2. The highest BCUT2D eigenvalue weighted by Gasteiger charge is 2.04. The Morgan fingerprint density at radius 2 is 1.94 bits per heavy atom. The van der Waals surface area contributed by atoms with E-state index in [1.807, 2.05) is 31.2 Å². The third-order valence-electron chi connectivity index (χ3n) is 2.58. The topological polar surface area (TPSA) is 29.5 Å². The van der Waals surface area contributed by atoms with Crippen LogP contribution in [0.4, 0.5) is 4.39 Å². The molecule has 0 amide bonds. The number of rotatable bonds is 4. The van der Waals surface area contributed by atoms with E-state index in [-0.39, 0.29) is 19.0 Å². The summed E-state index contributed by atoms with van der Waals surface area (Å²) in [5.74, 6) is 0.0857. The van der Waals surface area contributed by atoms with Gasteiger partial charge in [0.25, 0.3) is 0 Å². The monoisotopic (exact) mass is 246 g/mol. The Morgan fingerprint density at radius 3 is 2.67 bits per heavy atom. The van der Waals surface area contributed by atoms with Gasteiger partial charge in [0.2, 0.25) is 0 Å². The average molecular weight is 246 g/mol. The van der Waals surface area contributed by atoms with E-state index in [4.69, 9.17) is 9.84 Å². The lowest BCUT2D eigenvalue weighted by molar-refractivity contribution is 0.201. The molecule has 0 unspecified atom stereocenters. The van der Waals surface area contributed by atoms with Crippen molar-refractivity contribution in [1.29, 1.82) is 0 Å². The molecule has 0 radical (unpaired) electrons. The van der Waals surface area contributed by atoms with E-state index >= 15 is 0 Å². The molecule has 0 atom stereocenters. The lowest BCUT2D eigenvalue weighted by atomic mass is 10.0. The van der Waals surface area contributed by atoms with Gasteiger partial charge in [-0.15, -0.1) is 0 Å². The predicted molar refractivity (Wildman–Crippen MR) is 69.2 cm³/mol. The van der Waals surface area contributed by atoms with Crippen LogP contribution in [0.15, 0.2) is 42.5 Å². The number of aryl methyl sites for hydroxylation is 1. The first-order chi connectivity index (χ1) is 8.69. The van der Waals surface area contributed by atoms with Gasteiger partial charge in [-0.05, 0) is 30.2 Å². The van der Waals surface area contributed by atoms with Gasteiger partial charge >= 0.3 is 0 Å². The number of halogens is 1. The molecule has 0 saturated carbocycles. The average Bonchev–Trinajstić information content (AvgIpc) is 2.36. The zero-order valence-corrected chi connectivity index (χ0v) is 10.2. The molecular formula is C15H15FO2. The van der Waals surface area contributed by atoms with Crippen LogP contribution in [0.25, 0.3) is 11.1 Å². The van der Waals surface area contributed by atoms with Crippen molar-refractivity contribution in [2.45, 2.75) is 6.92 Å². The second-order valence-electron chi connectivity index (χ2n) is 4.12. The Labute approximate surface area is 106 Å². The van der Waals surface area contributed by atoms with E-state index in [2.05, 4.69) is 0 Å². The number of aliphatic hydroxyl groups excluding tert-OH is 1. The van der Waals surface area contributed by atoms with Crippen LogP contribution < -0.4 is 4.74 Å². The Hall–Kier alpha value is -1.87. The van der Waals surface area contributed by atoms with E-state index in [1.165, 1.54) is 12.1 Å². The van der Waals surface area contributed by atoms with Gasteiger partial charge in [-0.2, -0.15) is 0 Å². The van der Waals surface area contributed by atoms with Gasteiger partial charge in [-0.3, -0.25) is 0 Å². The molecule has 0 fully saturated rings. The Bertz CT molecular complexity index is 538. The van der Waals surface area contributed by atoms with Crippen molar-refractivity contribution >= 4 is 0 Å². The van der Waals surface area contributed by atoms with Crippen LogP contribution in [-0.4, -0.2) is 18.3 Å². The zero-order chi connectivity index (χ0) is 13.0. The molecule has 0 aliphatic heterocycles. The summed E-state index contributed by atoms with van der Waals surface area (Å²) in [7, 11) is 0. The predicted octanol–water partition coefficient (Wildman–Crippen LogP) is 3.17. The largest absolute Gasteiger partial charge is 0.491 e. The van der Waals surface area contributed by atoms with Gasteiger partial charge in [0.15, 0.2) is 0 Å². The van der Waals surface area contributed by atoms with Crippen molar-refractivity contribution in [3.05, 3.63) is 53.8 Å². The van der Waals surface area contributed by atoms with Crippen LogP contribution >= 0.6 is 0 Å². The van der Waals surface area contributed by atoms with Gasteiger partial charge in [0.05, 0.1) is 6.61 Å². The van der Waals surface area contributed by atoms with Gasteiger partial charge < -0.3 is 9.84 Å². The second-order valence-corrected chi connectivity index (χ2v) is 4.12. The number of aliphatic hydroxyl groups is 1. The third-order valence-corrected chi connectivity index (χ3v) is 2.58. The van der Waals surface area contributed by atoms with Crippen LogP contribution in [0.1, 0.15) is 5.56 Å². The van der Waals surface area contributed by atoms with E-state index < -0.39 is 0 Å². The molecular weight excluding hydrogens is 231 g/mol. The lowest BCUT2D eigenvalue weighted by Gasteiger charge is -2.08. The molecule has 0 aliphatic rings. The summed E-state index contributed by atoms with van der Waals surface area (Å²) in [6, 6.07) is 12.4. The van der Waals surface area contributed by atoms with Gasteiger partial charge in [0.1, 0.15) is 18.2 Å². The van der Waals surface area contributed by atoms with Crippen molar-refractivity contribution < 1.29 is 14.2 Å². The fraction of sp³-hybridized carbons (Fsp3) is 0.200. The lowest BCUT2D eigenvalue weighted by Crippen LogP contribution is -2.01. The molecule has 1 N–H and O–H groups in total. The fourth-order valence-electron chi connectivity index (χ4n) is 1.80. The highest BCUT2D eigenvalue weighted by molar-refractivity contribution is 5.65. The maximum absolute atomic E-state index is 13.5. The van der Waals surface area contributed by atoms with Crippen molar-refractivity contribution in [2.75, 3.05) is 13.2 Å². The quantitative estimate of drug-likeness (QED) is 0.897. The molecule has 2 rings (SSSR count). The minimum atomic E-state index is -0.345. The van der Waals surface area contributed by atoms with Gasteiger partial charge in [0, 0.05) is 6.07 Å². The van der Waals surface area contributed by atoms with Crippen LogP contribution in [0.2, 0.25) is 0 Å². The van der Waals surface area contributed by atoms with Crippen molar-refractivity contribution in [3.63, 3.8) is 0 Å². The molecule has 2 aromatic carbocycles. The SMILES string of the molecule is Cc1cccc(-c2cc(F)cc(OCCO)c2)c1. The molecule has 0 bridgehead atoms. The highest BCUT2D eigenvalue weighted by Crippen LogP contribution is 2.26. The minimum absolute atomic E-state index is 0.0870. The summed E-state index contributed by atoms with van der Waals surface area (Å²) in [5.41, 5.74) is 2.84. The van der Waals surface area contributed by atoms with Crippen LogP contribution in [0.5, 0.6) is 5.75 Å². The summed E-state index contributed by atoms with van der Waals surface area (Å²) in [4.78, 5) is 0. The third kappa shape index (κ3) is 3.08. The smallest absolute Gasteiger partial charge is 0.127 e. The van der Waals surface area contributed by atoms with Crippen LogP contribution in [0, 0.1) is 12.7 Å². The van der Waals surface area contributed by atoms with Crippen molar-refractivity contribution in [2.24, 2.45) is 0 Å². The molecule has 18 heavy (non-hydrogen) atoms. The summed E-state index contributed by atoms with van der Waals surface area (Å²) in [5, 5.41) is 8.70. The summed E-state index contributed by atoms with van der Waals surface area (Å²) in [6.45, 7) is 2.07. The van der Waals surface area contributed by atoms with E-state index in [9.17, 15) is 4.39 Å². The first-order valence-corrected chi connectivity index (χ1v) is 5.80. The van der Waals surface area contributed by atoms with Crippen molar-refractivity contribution in [3.8, 4) is 16.9 Å². The van der Waals surface area contributed by atoms with Gasteiger partial charge in [-0.1, -0.05) is 29.8 Å². The minimum Gasteiger partial charge on any atom is -0.491 e. The molecule has 0 aromatic heterocycles. The number of hydrogen-bond donors (Lipinski definition) is 1. The van der Waals surface area contributed by atoms with E-state index in [1.54, 1.807) is 6.07 Å². The molecule has 0 saturated heterocycles. The number of hydrogen-bond acceptors (Lipinski definition) is 2. The fourth-order valence-corrected chi connectivity index (χ4v) is 1.80. The van der Waals surface area contributed by atoms with Crippen LogP contribution in [0.3, 0.4) is 0 Å². The van der Waals surface area contributed by atoms with Crippen molar-refractivity contribution in [1.82, 2.24) is 0 Å². The van der Waals surface area contributed by atoms with E-state index in [0.29, 0.717) is 5.75 Å². The summed E-state index contributed by atoms with van der Waals surface area (Å²) >= 11 is 0. The first kappa shape index (κ1) is 12.6. The van der Waals surface area contributed by atoms with Crippen LogP contribution in [-0.2, 0) is 0 Å². The molecule has 94 valence electrons. The second kappa shape index (κ2) is 5.65. The molecule has 3 heteroatoms. The highest BCUT2D eigenvalue weighted by atomic mass is 19.1.